The summed E-state index contributed by atoms with van der Waals surface area (Å²) in [6.07, 6.45) is 3.92. The lowest BCUT2D eigenvalue weighted by Crippen LogP contribution is -2.35. The van der Waals surface area contributed by atoms with Crippen LogP contribution in [0.5, 0.6) is 0 Å². The number of hydrogen-bond acceptors (Lipinski definition) is 3. The van der Waals surface area contributed by atoms with E-state index in [-0.39, 0.29) is 11.9 Å². The van der Waals surface area contributed by atoms with E-state index < -0.39 is 0 Å². The van der Waals surface area contributed by atoms with Crippen LogP contribution in [0, 0.1) is 6.92 Å². The number of nitrogens with zero attached hydrogens (tertiary/aromatic N) is 4. The first-order chi connectivity index (χ1) is 11.1. The predicted octanol–water partition coefficient (Wildman–Crippen LogP) is 3.21. The van der Waals surface area contributed by atoms with Crippen LogP contribution in [0.3, 0.4) is 0 Å². The van der Waals surface area contributed by atoms with E-state index in [1.165, 1.54) is 0 Å². The normalized spacial score (nSPS) is 19.7. The van der Waals surface area contributed by atoms with Gasteiger partial charge in [-0.3, -0.25) is 14.5 Å². The third-order valence-electron chi connectivity index (χ3n) is 4.56. The number of rotatable bonds is 2. The zero-order valence-corrected chi connectivity index (χ0v) is 13.6. The molecule has 1 atom stereocenters. The topological polar surface area (TPSA) is 50.5 Å². The number of amides is 1. The van der Waals surface area contributed by atoms with Gasteiger partial charge in [-0.2, -0.15) is 5.10 Å². The molecule has 23 heavy (non-hydrogen) atoms. The van der Waals surface area contributed by atoms with E-state index in [0.29, 0.717) is 22.9 Å². The first kappa shape index (κ1) is 14.5. The van der Waals surface area contributed by atoms with Gasteiger partial charge in [0.25, 0.3) is 5.91 Å². The number of halogens is 1. The lowest BCUT2D eigenvalue weighted by molar-refractivity contribution is 0.0768. The molecule has 0 radical (unpaired) electrons. The van der Waals surface area contributed by atoms with Crippen LogP contribution < -0.4 is 0 Å². The molecular weight excluding hydrogens is 312 g/mol. The molecule has 0 saturated carbocycles. The molecule has 0 aliphatic carbocycles. The lowest BCUT2D eigenvalue weighted by Gasteiger charge is -2.18. The Morgan fingerprint density at radius 2 is 2.09 bits per heavy atom. The molecule has 2 aliphatic heterocycles. The lowest BCUT2D eigenvalue weighted by atomic mass is 10.2. The van der Waals surface area contributed by atoms with E-state index in [1.54, 1.807) is 0 Å². The monoisotopic (exact) mass is 328 g/mol. The van der Waals surface area contributed by atoms with Crippen molar-refractivity contribution in [3.63, 3.8) is 0 Å². The highest BCUT2D eigenvalue weighted by molar-refractivity contribution is 6.30. The van der Waals surface area contributed by atoms with Crippen LogP contribution in [0.4, 0.5) is 5.69 Å². The summed E-state index contributed by atoms with van der Waals surface area (Å²) in [5.74, 6) is -0.00189. The van der Waals surface area contributed by atoms with Crippen LogP contribution in [-0.4, -0.2) is 39.4 Å². The van der Waals surface area contributed by atoms with Gasteiger partial charge in [0.15, 0.2) is 5.69 Å². The van der Waals surface area contributed by atoms with Crippen LogP contribution in [0.15, 0.2) is 29.3 Å². The summed E-state index contributed by atoms with van der Waals surface area (Å²) in [6.45, 7) is 3.35. The SMILES string of the molecule is Cc1c2c(nn1Cc1ccc(Cl)cc1)C(=O)N1CCC[C@H]1C=N2. The van der Waals surface area contributed by atoms with Crippen molar-refractivity contribution in [2.24, 2.45) is 4.99 Å². The number of aromatic nitrogens is 2. The molecule has 0 unspecified atom stereocenters. The Kier molecular flexibility index (Phi) is 3.45. The number of carbonyl (C=O) groups is 1. The van der Waals surface area contributed by atoms with Gasteiger partial charge in [-0.25, -0.2) is 0 Å². The van der Waals surface area contributed by atoms with Gasteiger partial charge in [-0.1, -0.05) is 23.7 Å². The van der Waals surface area contributed by atoms with Gasteiger partial charge in [-0.15, -0.1) is 0 Å². The van der Waals surface area contributed by atoms with Crippen LogP contribution in [0.25, 0.3) is 0 Å². The standard InChI is InChI=1S/C17H17ClN4O/c1-11-15-16(17(23)21-8-2-3-14(21)9-19-15)20-22(11)10-12-4-6-13(18)7-5-12/h4-7,9,14H,2-3,8,10H2,1H3/t14-/m0/s1. The summed E-state index contributed by atoms with van der Waals surface area (Å²) in [7, 11) is 0. The second-order valence-electron chi connectivity index (χ2n) is 6.05. The Morgan fingerprint density at radius 3 is 2.87 bits per heavy atom. The maximum Gasteiger partial charge on any atom is 0.277 e. The molecule has 1 aromatic heterocycles. The molecule has 4 rings (SSSR count). The van der Waals surface area contributed by atoms with Crippen molar-refractivity contribution in [2.45, 2.75) is 32.4 Å². The summed E-state index contributed by atoms with van der Waals surface area (Å²) in [5, 5.41) is 5.26. The third kappa shape index (κ3) is 2.45. The summed E-state index contributed by atoms with van der Waals surface area (Å²) in [4.78, 5) is 19.2. The maximum atomic E-state index is 12.7. The van der Waals surface area contributed by atoms with Gasteiger partial charge in [0.05, 0.1) is 18.3 Å². The minimum atomic E-state index is -0.00189. The fourth-order valence-corrected chi connectivity index (χ4v) is 3.37. The van der Waals surface area contributed by atoms with E-state index in [2.05, 4.69) is 10.1 Å². The average molecular weight is 329 g/mol. The fourth-order valence-electron chi connectivity index (χ4n) is 3.25. The van der Waals surface area contributed by atoms with E-state index in [4.69, 9.17) is 11.6 Å². The highest BCUT2D eigenvalue weighted by Crippen LogP contribution is 2.31. The molecule has 3 heterocycles. The Labute approximate surface area is 139 Å². The molecule has 5 nitrogen and oxygen atoms in total. The van der Waals surface area contributed by atoms with E-state index in [1.807, 2.05) is 47.0 Å². The van der Waals surface area contributed by atoms with Gasteiger partial charge in [0.1, 0.15) is 5.69 Å². The highest BCUT2D eigenvalue weighted by atomic mass is 35.5. The van der Waals surface area contributed by atoms with Crippen molar-refractivity contribution < 1.29 is 4.79 Å². The molecule has 0 spiro atoms. The first-order valence-corrected chi connectivity index (χ1v) is 8.18. The van der Waals surface area contributed by atoms with Crippen LogP contribution in [0.1, 0.15) is 34.6 Å². The summed E-state index contributed by atoms with van der Waals surface area (Å²) < 4.78 is 1.85. The average Bonchev–Trinajstić information content (AvgIpc) is 3.10. The van der Waals surface area contributed by atoms with Crippen molar-refractivity contribution in [1.82, 2.24) is 14.7 Å². The molecule has 1 amide bonds. The minimum absolute atomic E-state index is 0.00189. The predicted molar refractivity (Wildman–Crippen MR) is 89.7 cm³/mol. The Hall–Kier alpha value is -2.14. The molecule has 1 fully saturated rings. The Morgan fingerprint density at radius 1 is 1.30 bits per heavy atom. The third-order valence-corrected chi connectivity index (χ3v) is 4.81. The number of fused-ring (bicyclic) bond motifs is 2. The zero-order valence-electron chi connectivity index (χ0n) is 12.9. The molecule has 1 saturated heterocycles. The van der Waals surface area contributed by atoms with Gasteiger partial charge < -0.3 is 4.90 Å². The Balaban J connectivity index is 1.70. The van der Waals surface area contributed by atoms with Crippen LogP contribution >= 0.6 is 11.6 Å². The molecule has 2 aliphatic rings. The molecule has 118 valence electrons. The van der Waals surface area contributed by atoms with Crippen LogP contribution in [0.2, 0.25) is 5.02 Å². The number of hydrogen-bond donors (Lipinski definition) is 0. The van der Waals surface area contributed by atoms with Crippen LogP contribution in [-0.2, 0) is 6.54 Å². The Bertz CT molecular complexity index is 794. The van der Waals surface area contributed by atoms with E-state index in [9.17, 15) is 4.79 Å². The molecule has 1 aromatic carbocycles. The zero-order chi connectivity index (χ0) is 16.0. The molecular formula is C17H17ClN4O. The molecule has 2 aromatic rings. The van der Waals surface area contributed by atoms with Gasteiger partial charge in [-0.05, 0) is 37.5 Å². The first-order valence-electron chi connectivity index (χ1n) is 7.80. The summed E-state index contributed by atoms with van der Waals surface area (Å²) >= 11 is 5.93. The van der Waals surface area contributed by atoms with Gasteiger partial charge in [0.2, 0.25) is 0 Å². The van der Waals surface area contributed by atoms with E-state index in [0.717, 1.165) is 30.6 Å². The summed E-state index contributed by atoms with van der Waals surface area (Å²) in [5.41, 5.74) is 3.18. The second kappa shape index (κ2) is 5.49. The van der Waals surface area contributed by atoms with Gasteiger partial charge >= 0.3 is 0 Å². The number of aliphatic imine (C=N–C) groups is 1. The smallest absolute Gasteiger partial charge is 0.277 e. The fraction of sp³-hybridized carbons (Fsp3) is 0.353. The van der Waals surface area contributed by atoms with Crippen molar-refractivity contribution in [1.29, 1.82) is 0 Å². The summed E-state index contributed by atoms with van der Waals surface area (Å²) in [6, 6.07) is 7.78. The van der Waals surface area contributed by atoms with Crippen molar-refractivity contribution in [2.75, 3.05) is 6.54 Å². The van der Waals surface area contributed by atoms with Gasteiger partial charge in [0, 0.05) is 17.8 Å². The van der Waals surface area contributed by atoms with Crippen molar-refractivity contribution in [3.05, 3.63) is 46.2 Å². The molecule has 6 heteroatoms. The quantitative estimate of drug-likeness (QED) is 0.850. The van der Waals surface area contributed by atoms with E-state index >= 15 is 0 Å². The highest BCUT2D eigenvalue weighted by Gasteiger charge is 2.34. The largest absolute Gasteiger partial charge is 0.329 e. The minimum Gasteiger partial charge on any atom is -0.329 e. The second-order valence-corrected chi connectivity index (χ2v) is 6.49. The maximum absolute atomic E-state index is 12.7. The molecule has 0 N–H and O–H groups in total. The van der Waals surface area contributed by atoms with Crippen molar-refractivity contribution >= 4 is 29.4 Å². The van der Waals surface area contributed by atoms with Crippen molar-refractivity contribution in [3.8, 4) is 0 Å². The number of benzene rings is 1. The number of carbonyl (C=O) groups excluding carboxylic acids is 1. The molecule has 0 bridgehead atoms.